The molecule has 0 atom stereocenters. The van der Waals surface area contributed by atoms with Gasteiger partial charge in [-0.05, 0) is 80.6 Å². The summed E-state index contributed by atoms with van der Waals surface area (Å²) < 4.78 is 21.1. The van der Waals surface area contributed by atoms with Crippen LogP contribution in [0.2, 0.25) is 0 Å². The molecule has 0 aliphatic heterocycles. The number of rotatable bonds is 15. The normalized spacial score (nSPS) is 10.5. The molecule has 8 heteroatoms. The Balaban J connectivity index is 1.64. The maximum absolute atomic E-state index is 12.1. The van der Waals surface area contributed by atoms with Gasteiger partial charge in [-0.25, -0.2) is 14.4 Å². The highest BCUT2D eigenvalue weighted by molar-refractivity contribution is 5.89. The van der Waals surface area contributed by atoms with E-state index in [1.165, 1.54) is 30.3 Å². The van der Waals surface area contributed by atoms with Crippen LogP contribution in [0.1, 0.15) is 38.2 Å². The van der Waals surface area contributed by atoms with Crippen molar-refractivity contribution >= 4 is 24.0 Å². The van der Waals surface area contributed by atoms with Gasteiger partial charge >= 0.3 is 17.9 Å². The average Bonchev–Trinajstić information content (AvgIpc) is 2.90. The van der Waals surface area contributed by atoms with Crippen molar-refractivity contribution in [2.45, 2.75) is 32.6 Å². The molecule has 2 aromatic rings. The number of esters is 3. The molecule has 2 rings (SSSR count). The Labute approximate surface area is 216 Å². The van der Waals surface area contributed by atoms with Gasteiger partial charge in [-0.3, -0.25) is 0 Å². The zero-order valence-corrected chi connectivity index (χ0v) is 20.9. The van der Waals surface area contributed by atoms with E-state index in [0.717, 1.165) is 37.0 Å². The van der Waals surface area contributed by atoms with Gasteiger partial charge in [0, 0.05) is 11.6 Å². The molecule has 0 aromatic heterocycles. The van der Waals surface area contributed by atoms with Gasteiger partial charge in [0.2, 0.25) is 0 Å². The lowest BCUT2D eigenvalue weighted by Gasteiger charge is -2.07. The second-order valence-corrected chi connectivity index (χ2v) is 8.12. The first-order valence-corrected chi connectivity index (χ1v) is 11.8. The molecular weight excluding hydrogens is 476 g/mol. The average molecular weight is 509 g/mol. The molecule has 0 bridgehead atoms. The third-order valence-corrected chi connectivity index (χ3v) is 4.91. The maximum atomic E-state index is 12.1. The fraction of sp³-hybridized carbons (Fsp3) is 0.276. The number of aliphatic hydroxyl groups excluding tert-OH is 1. The number of aliphatic hydroxyl groups is 1. The summed E-state index contributed by atoms with van der Waals surface area (Å²) >= 11 is 0. The van der Waals surface area contributed by atoms with E-state index in [2.05, 4.69) is 13.2 Å². The number of unbranched alkanes of at least 4 members (excludes halogenated alkanes) is 3. The fourth-order valence-corrected chi connectivity index (χ4v) is 2.84. The van der Waals surface area contributed by atoms with Crippen LogP contribution < -0.4 is 14.2 Å². The highest BCUT2D eigenvalue weighted by atomic mass is 16.5. The van der Waals surface area contributed by atoms with Crippen LogP contribution in [0.15, 0.2) is 78.9 Å². The number of carbonyl (C=O) groups is 3. The van der Waals surface area contributed by atoms with Crippen LogP contribution >= 0.6 is 0 Å². The van der Waals surface area contributed by atoms with Crippen molar-refractivity contribution in [3.8, 4) is 17.2 Å². The number of carbonyl (C=O) groups excluding carboxylic acids is 3. The lowest BCUT2D eigenvalue weighted by molar-refractivity contribution is -0.139. The maximum Gasteiger partial charge on any atom is 0.338 e. The summed E-state index contributed by atoms with van der Waals surface area (Å²) in [6.07, 6.45) is 6.39. The first-order valence-electron chi connectivity index (χ1n) is 11.8. The van der Waals surface area contributed by atoms with Gasteiger partial charge in [-0.15, -0.1) is 0 Å². The summed E-state index contributed by atoms with van der Waals surface area (Å²) in [6, 6.07) is 13.4. The topological polar surface area (TPSA) is 108 Å². The number of hydrogen-bond donors (Lipinski definition) is 1. The summed E-state index contributed by atoms with van der Waals surface area (Å²) in [6.45, 7) is 8.96. The Hall–Kier alpha value is -4.17. The van der Waals surface area contributed by atoms with E-state index >= 15 is 0 Å². The number of hydrogen-bond acceptors (Lipinski definition) is 8. The Morgan fingerprint density at radius 2 is 1.35 bits per heavy atom. The molecule has 8 nitrogen and oxygen atoms in total. The molecule has 0 radical (unpaired) electrons. The summed E-state index contributed by atoms with van der Waals surface area (Å²) in [7, 11) is 0. The quantitative estimate of drug-likeness (QED) is 0.158. The van der Waals surface area contributed by atoms with Crippen LogP contribution in [0, 0.1) is 0 Å². The molecule has 0 aliphatic carbocycles. The Kier molecular flexibility index (Phi) is 12.4. The molecule has 0 saturated heterocycles. The summed E-state index contributed by atoms with van der Waals surface area (Å²) in [5.74, 6) is -0.249. The zero-order valence-electron chi connectivity index (χ0n) is 20.9. The minimum atomic E-state index is -0.559. The van der Waals surface area contributed by atoms with Crippen molar-refractivity contribution in [2.24, 2.45) is 0 Å². The van der Waals surface area contributed by atoms with Gasteiger partial charge in [0.05, 0.1) is 25.4 Å². The van der Waals surface area contributed by atoms with Crippen LogP contribution in [0.3, 0.4) is 0 Å². The SMILES string of the molecule is C=C(C)C(=O)Oc1ccc(OC(=O)/C=C/c2ccc(OCCCCCCOC(=O)C(=C)CO)cc2)cc1. The molecule has 0 heterocycles. The van der Waals surface area contributed by atoms with E-state index in [1.54, 1.807) is 13.0 Å². The predicted molar refractivity (Wildman–Crippen MR) is 139 cm³/mol. The molecular formula is C29H32O8. The van der Waals surface area contributed by atoms with Crippen molar-refractivity contribution in [1.29, 1.82) is 0 Å². The second kappa shape index (κ2) is 15.7. The van der Waals surface area contributed by atoms with Gasteiger partial charge in [-0.1, -0.05) is 25.3 Å². The molecule has 0 spiro atoms. The standard InChI is InChI=1S/C29H32O8/c1-21(2)28(32)37-26-15-13-25(14-16-26)36-27(31)17-10-23-8-11-24(12-9-23)34-18-6-4-5-7-19-35-29(33)22(3)20-30/h8-17,30H,1,3-7,18-20H2,2H3/b17-10+. The van der Waals surface area contributed by atoms with Crippen LogP contribution in [0.4, 0.5) is 0 Å². The molecule has 1 N–H and O–H groups in total. The summed E-state index contributed by atoms with van der Waals surface area (Å²) in [4.78, 5) is 35.0. The highest BCUT2D eigenvalue weighted by Crippen LogP contribution is 2.19. The first kappa shape index (κ1) is 29.1. The van der Waals surface area contributed by atoms with Crippen molar-refractivity contribution < 1.29 is 38.4 Å². The largest absolute Gasteiger partial charge is 0.494 e. The molecule has 37 heavy (non-hydrogen) atoms. The van der Waals surface area contributed by atoms with Gasteiger partial charge < -0.3 is 24.1 Å². The van der Waals surface area contributed by atoms with Crippen molar-refractivity contribution in [2.75, 3.05) is 19.8 Å². The van der Waals surface area contributed by atoms with Gasteiger partial charge in [0.15, 0.2) is 0 Å². The van der Waals surface area contributed by atoms with Crippen molar-refractivity contribution in [3.05, 3.63) is 84.5 Å². The van der Waals surface area contributed by atoms with Gasteiger partial charge in [0.1, 0.15) is 17.2 Å². The Morgan fingerprint density at radius 1 is 0.784 bits per heavy atom. The molecule has 2 aromatic carbocycles. The van der Waals surface area contributed by atoms with E-state index in [9.17, 15) is 14.4 Å². The highest BCUT2D eigenvalue weighted by Gasteiger charge is 2.07. The van der Waals surface area contributed by atoms with Crippen molar-refractivity contribution in [1.82, 2.24) is 0 Å². The van der Waals surface area contributed by atoms with Crippen LogP contribution in [0.5, 0.6) is 17.2 Å². The summed E-state index contributed by atoms with van der Waals surface area (Å²) in [5, 5.41) is 8.80. The molecule has 196 valence electrons. The fourth-order valence-electron chi connectivity index (χ4n) is 2.84. The predicted octanol–water partition coefficient (Wildman–Crippen LogP) is 4.82. The van der Waals surface area contributed by atoms with E-state index in [-0.39, 0.29) is 11.1 Å². The minimum Gasteiger partial charge on any atom is -0.494 e. The van der Waals surface area contributed by atoms with E-state index in [0.29, 0.717) is 24.7 Å². The van der Waals surface area contributed by atoms with E-state index < -0.39 is 24.5 Å². The molecule has 0 saturated carbocycles. The number of ether oxygens (including phenoxy) is 4. The lowest BCUT2D eigenvalue weighted by atomic mass is 10.2. The second-order valence-electron chi connectivity index (χ2n) is 8.12. The third-order valence-electron chi connectivity index (χ3n) is 4.91. The first-order chi connectivity index (χ1) is 17.8. The van der Waals surface area contributed by atoms with Gasteiger partial charge in [0.25, 0.3) is 0 Å². The number of benzene rings is 2. The molecule has 0 unspecified atom stereocenters. The third kappa shape index (κ3) is 11.4. The van der Waals surface area contributed by atoms with Gasteiger partial charge in [-0.2, -0.15) is 0 Å². The van der Waals surface area contributed by atoms with Crippen LogP contribution in [0.25, 0.3) is 6.08 Å². The Morgan fingerprint density at radius 3 is 1.95 bits per heavy atom. The molecule has 0 amide bonds. The van der Waals surface area contributed by atoms with Crippen LogP contribution in [-0.4, -0.2) is 42.8 Å². The Bertz CT molecular complexity index is 1100. The van der Waals surface area contributed by atoms with E-state index in [4.69, 9.17) is 24.1 Å². The zero-order chi connectivity index (χ0) is 27.0. The summed E-state index contributed by atoms with van der Waals surface area (Å²) in [5.41, 5.74) is 1.16. The monoisotopic (exact) mass is 508 g/mol. The lowest BCUT2D eigenvalue weighted by Crippen LogP contribution is -2.10. The van der Waals surface area contributed by atoms with E-state index in [1.807, 2.05) is 24.3 Å². The molecule has 0 aliphatic rings. The van der Waals surface area contributed by atoms with Crippen LogP contribution in [-0.2, 0) is 19.1 Å². The van der Waals surface area contributed by atoms with Crippen molar-refractivity contribution in [3.63, 3.8) is 0 Å². The molecule has 0 fully saturated rings. The smallest absolute Gasteiger partial charge is 0.338 e. The minimum absolute atomic E-state index is 0.0575.